The van der Waals surface area contributed by atoms with Gasteiger partial charge in [0.1, 0.15) is 0 Å². The van der Waals surface area contributed by atoms with E-state index >= 15 is 0 Å². The van der Waals surface area contributed by atoms with Crippen LogP contribution in [0.1, 0.15) is 16.8 Å². The van der Waals surface area contributed by atoms with Crippen LogP contribution in [0.15, 0.2) is 18.2 Å². The number of hydrogen-bond acceptors (Lipinski definition) is 7. The van der Waals surface area contributed by atoms with Crippen molar-refractivity contribution in [1.82, 2.24) is 20.0 Å². The van der Waals surface area contributed by atoms with Crippen molar-refractivity contribution in [3.63, 3.8) is 0 Å². The van der Waals surface area contributed by atoms with E-state index in [0.29, 0.717) is 70.3 Å². The van der Waals surface area contributed by atoms with Crippen LogP contribution in [-0.2, 0) is 9.47 Å². The summed E-state index contributed by atoms with van der Waals surface area (Å²) in [4.78, 5) is 45.7. The molecule has 0 unspecified atom stereocenters. The van der Waals surface area contributed by atoms with Gasteiger partial charge in [0.15, 0.2) is 0 Å². The summed E-state index contributed by atoms with van der Waals surface area (Å²) < 4.78 is 10.2. The van der Waals surface area contributed by atoms with Crippen LogP contribution in [0, 0.1) is 0 Å². The van der Waals surface area contributed by atoms with E-state index in [4.69, 9.17) is 9.47 Å². The predicted octanol–water partition coefficient (Wildman–Crippen LogP) is 0.875. The maximum absolute atomic E-state index is 13.0. The van der Waals surface area contributed by atoms with Crippen LogP contribution in [0.5, 0.6) is 0 Å². The average Bonchev–Trinajstić information content (AvgIpc) is 3.15. The number of morpholine rings is 1. The molecular weight excluding hydrogens is 440 g/mol. The third kappa shape index (κ3) is 5.71. The number of hydrogen-bond donors (Lipinski definition) is 2. The van der Waals surface area contributed by atoms with E-state index in [1.807, 2.05) is 26.8 Å². The largest absolute Gasteiger partial charge is 0.453 e. The minimum absolute atomic E-state index is 0.0509. The Bertz CT molecular complexity index is 885. The second-order valence-electron chi connectivity index (χ2n) is 8.60. The van der Waals surface area contributed by atoms with Gasteiger partial charge in [0.05, 0.1) is 31.7 Å². The lowest BCUT2D eigenvalue weighted by Gasteiger charge is -2.32. The van der Waals surface area contributed by atoms with Gasteiger partial charge in [-0.2, -0.15) is 0 Å². The maximum atomic E-state index is 13.0. The van der Waals surface area contributed by atoms with Gasteiger partial charge in [0, 0.05) is 71.0 Å². The highest BCUT2D eigenvalue weighted by Crippen LogP contribution is 2.29. The van der Waals surface area contributed by atoms with Gasteiger partial charge in [0.25, 0.3) is 5.91 Å². The van der Waals surface area contributed by atoms with Crippen molar-refractivity contribution < 1.29 is 23.9 Å². The minimum Gasteiger partial charge on any atom is -0.453 e. The highest BCUT2D eigenvalue weighted by atomic mass is 16.5. The number of carbonyl (C=O) groups excluding carboxylic acids is 3. The Morgan fingerprint density at radius 1 is 0.912 bits per heavy atom. The zero-order valence-electron chi connectivity index (χ0n) is 19.8. The summed E-state index contributed by atoms with van der Waals surface area (Å²) in [7, 11) is 1.31. The molecule has 4 amide bonds. The molecule has 4 rings (SSSR count). The lowest BCUT2D eigenvalue weighted by atomic mass is 10.1. The van der Waals surface area contributed by atoms with Gasteiger partial charge >= 0.3 is 12.1 Å². The standard InChI is InChI=1S/C23H34N6O5/c1-33-22(31)25-19-17-18(21(30)27-9-5-24-6-10-27)3-4-20(19)26-7-2-8-28(12-11-26)23(32)29-13-15-34-16-14-29/h3-4,17,24H,2,5-16H2,1H3,(H,25,31). The Labute approximate surface area is 199 Å². The van der Waals surface area contributed by atoms with Gasteiger partial charge in [-0.25, -0.2) is 9.59 Å². The van der Waals surface area contributed by atoms with Crippen LogP contribution in [0.3, 0.4) is 0 Å². The molecule has 3 saturated heterocycles. The molecule has 3 aliphatic rings. The molecule has 0 aromatic heterocycles. The monoisotopic (exact) mass is 474 g/mol. The van der Waals surface area contributed by atoms with Crippen molar-refractivity contribution in [2.75, 3.05) is 96.0 Å². The minimum atomic E-state index is -0.591. The lowest BCUT2D eigenvalue weighted by molar-refractivity contribution is 0.0438. The number of piperazine rings is 1. The first-order valence-corrected chi connectivity index (χ1v) is 11.9. The molecule has 3 heterocycles. The van der Waals surface area contributed by atoms with Crippen LogP contribution >= 0.6 is 0 Å². The second-order valence-corrected chi connectivity index (χ2v) is 8.60. The molecule has 11 heteroatoms. The number of nitrogens with zero attached hydrogens (tertiary/aromatic N) is 4. The van der Waals surface area contributed by atoms with E-state index in [-0.39, 0.29) is 11.9 Å². The zero-order valence-corrected chi connectivity index (χ0v) is 19.8. The molecule has 0 saturated carbocycles. The molecule has 0 radical (unpaired) electrons. The topological polar surface area (TPSA) is 107 Å². The lowest BCUT2D eigenvalue weighted by Crippen LogP contribution is -2.49. The molecule has 3 fully saturated rings. The Kier molecular flexibility index (Phi) is 8.07. The number of methoxy groups -OCH3 is 1. The molecule has 0 atom stereocenters. The van der Waals surface area contributed by atoms with E-state index in [1.165, 1.54) is 7.11 Å². The fraction of sp³-hybridized carbons (Fsp3) is 0.609. The molecule has 0 bridgehead atoms. The highest BCUT2D eigenvalue weighted by Gasteiger charge is 2.27. The molecule has 0 aliphatic carbocycles. The summed E-state index contributed by atoms with van der Waals surface area (Å²) in [6.07, 6.45) is 0.210. The molecular formula is C23H34N6O5. The Morgan fingerprint density at radius 2 is 1.65 bits per heavy atom. The number of anilines is 2. The van der Waals surface area contributed by atoms with Gasteiger partial charge in [-0.3, -0.25) is 10.1 Å². The predicted molar refractivity (Wildman–Crippen MR) is 127 cm³/mol. The van der Waals surface area contributed by atoms with Gasteiger partial charge in [0.2, 0.25) is 0 Å². The molecule has 1 aromatic rings. The summed E-state index contributed by atoms with van der Waals surface area (Å²) in [6, 6.07) is 5.46. The summed E-state index contributed by atoms with van der Waals surface area (Å²) in [5, 5.41) is 6.02. The van der Waals surface area contributed by atoms with Crippen molar-refractivity contribution in [2.24, 2.45) is 0 Å². The van der Waals surface area contributed by atoms with Gasteiger partial charge < -0.3 is 34.4 Å². The number of amides is 4. The van der Waals surface area contributed by atoms with Gasteiger partial charge in [-0.05, 0) is 24.6 Å². The number of rotatable bonds is 3. The Hall–Kier alpha value is -3.05. The molecule has 2 N–H and O–H groups in total. The van der Waals surface area contributed by atoms with Crippen LogP contribution in [0.2, 0.25) is 0 Å². The fourth-order valence-electron chi connectivity index (χ4n) is 4.56. The molecule has 1 aromatic carbocycles. The summed E-state index contributed by atoms with van der Waals surface area (Å²) >= 11 is 0. The van der Waals surface area contributed by atoms with E-state index in [1.54, 1.807) is 6.07 Å². The van der Waals surface area contributed by atoms with Crippen LogP contribution in [-0.4, -0.2) is 119 Å². The van der Waals surface area contributed by atoms with Crippen LogP contribution in [0.25, 0.3) is 0 Å². The van der Waals surface area contributed by atoms with E-state index < -0.39 is 6.09 Å². The van der Waals surface area contributed by atoms with E-state index in [0.717, 1.165) is 31.7 Å². The van der Waals surface area contributed by atoms with Crippen molar-refractivity contribution in [2.45, 2.75) is 6.42 Å². The maximum Gasteiger partial charge on any atom is 0.411 e. The molecule has 186 valence electrons. The van der Waals surface area contributed by atoms with Crippen LogP contribution in [0.4, 0.5) is 21.0 Å². The van der Waals surface area contributed by atoms with Crippen molar-refractivity contribution in [3.8, 4) is 0 Å². The summed E-state index contributed by atoms with van der Waals surface area (Å²) in [6.45, 7) is 7.84. The summed E-state index contributed by atoms with van der Waals surface area (Å²) in [5.41, 5.74) is 1.86. The molecule has 11 nitrogen and oxygen atoms in total. The molecule has 3 aliphatic heterocycles. The smallest absolute Gasteiger partial charge is 0.411 e. The third-order valence-electron chi connectivity index (χ3n) is 6.46. The number of carbonyl (C=O) groups is 3. The fourth-order valence-corrected chi connectivity index (χ4v) is 4.56. The zero-order chi connectivity index (χ0) is 23.9. The number of nitrogens with one attached hydrogen (secondary N) is 2. The summed E-state index contributed by atoms with van der Waals surface area (Å²) in [5.74, 6) is -0.0564. The molecule has 34 heavy (non-hydrogen) atoms. The van der Waals surface area contributed by atoms with E-state index in [2.05, 4.69) is 15.5 Å². The van der Waals surface area contributed by atoms with Gasteiger partial charge in [-0.1, -0.05) is 0 Å². The Morgan fingerprint density at radius 3 is 2.38 bits per heavy atom. The number of ether oxygens (including phenoxy) is 2. The highest BCUT2D eigenvalue weighted by molar-refractivity contribution is 5.98. The van der Waals surface area contributed by atoms with Crippen molar-refractivity contribution >= 4 is 29.4 Å². The first kappa shape index (κ1) is 24.1. The first-order valence-electron chi connectivity index (χ1n) is 11.9. The van der Waals surface area contributed by atoms with E-state index in [9.17, 15) is 14.4 Å². The number of benzene rings is 1. The third-order valence-corrected chi connectivity index (χ3v) is 6.46. The molecule has 0 spiro atoms. The normalized spacial score (nSPS) is 19.4. The number of urea groups is 1. The first-order chi connectivity index (χ1) is 16.6. The second kappa shape index (κ2) is 11.4. The SMILES string of the molecule is COC(=O)Nc1cc(C(=O)N2CCNCC2)ccc1N1CCCN(C(=O)N2CCOCC2)CC1. The average molecular weight is 475 g/mol. The van der Waals surface area contributed by atoms with Gasteiger partial charge in [-0.15, -0.1) is 0 Å². The van der Waals surface area contributed by atoms with Crippen molar-refractivity contribution in [3.05, 3.63) is 23.8 Å². The quantitative estimate of drug-likeness (QED) is 0.670. The van der Waals surface area contributed by atoms with Crippen molar-refractivity contribution in [1.29, 1.82) is 0 Å². The Balaban J connectivity index is 1.49. The van der Waals surface area contributed by atoms with Crippen LogP contribution < -0.4 is 15.5 Å².